The maximum Gasteiger partial charge on any atom is 0.127 e. The van der Waals surface area contributed by atoms with Crippen LogP contribution >= 0.6 is 0 Å². The number of methoxy groups -OCH3 is 1. The van der Waals surface area contributed by atoms with Crippen molar-refractivity contribution >= 4 is 0 Å². The minimum atomic E-state index is -0.250. The van der Waals surface area contributed by atoms with Gasteiger partial charge in [-0.05, 0) is 42.5 Å². The van der Waals surface area contributed by atoms with Crippen LogP contribution in [-0.4, -0.2) is 17.1 Å². The predicted molar refractivity (Wildman–Crippen MR) is 75.5 cm³/mol. The van der Waals surface area contributed by atoms with Gasteiger partial charge in [0.15, 0.2) is 0 Å². The summed E-state index contributed by atoms with van der Waals surface area (Å²) in [7, 11) is 1.58. The number of benzene rings is 1. The highest BCUT2D eigenvalue weighted by atomic mass is 19.1. The Morgan fingerprint density at radius 1 is 1.00 bits per heavy atom. The van der Waals surface area contributed by atoms with E-state index >= 15 is 0 Å². The first-order chi connectivity index (χ1) is 9.79. The van der Waals surface area contributed by atoms with E-state index in [9.17, 15) is 4.39 Å². The number of aromatic amines is 2. The molecule has 0 fully saturated rings. The molecule has 1 aromatic carbocycles. The van der Waals surface area contributed by atoms with Crippen molar-refractivity contribution in [2.24, 2.45) is 0 Å². The van der Waals surface area contributed by atoms with Crippen LogP contribution in [0.1, 0.15) is 22.9 Å². The molecule has 0 unspecified atom stereocenters. The molecule has 0 radical (unpaired) electrons. The first kappa shape index (κ1) is 12.5. The van der Waals surface area contributed by atoms with Gasteiger partial charge in [0.25, 0.3) is 0 Å². The lowest BCUT2D eigenvalue weighted by Gasteiger charge is -2.17. The maximum atomic E-state index is 14.3. The SMILES string of the molecule is COc1ccc(F)c(C(c2ccc[nH]2)c2ccc[nH]2)c1. The predicted octanol–water partition coefficient (Wildman–Crippen LogP) is 3.67. The molecule has 0 aliphatic carbocycles. The van der Waals surface area contributed by atoms with Crippen LogP contribution in [0.2, 0.25) is 0 Å². The molecule has 0 saturated heterocycles. The van der Waals surface area contributed by atoms with Gasteiger partial charge in [-0.25, -0.2) is 4.39 Å². The zero-order chi connectivity index (χ0) is 13.9. The molecule has 2 heterocycles. The Kier molecular flexibility index (Phi) is 3.29. The Hall–Kier alpha value is -2.49. The highest BCUT2D eigenvalue weighted by Gasteiger charge is 2.22. The van der Waals surface area contributed by atoms with Crippen molar-refractivity contribution in [1.29, 1.82) is 0 Å². The number of hydrogen-bond donors (Lipinski definition) is 2. The zero-order valence-corrected chi connectivity index (χ0v) is 11.1. The van der Waals surface area contributed by atoms with E-state index in [0.717, 1.165) is 11.4 Å². The molecule has 102 valence electrons. The van der Waals surface area contributed by atoms with Crippen LogP contribution in [-0.2, 0) is 0 Å². The lowest BCUT2D eigenvalue weighted by molar-refractivity contribution is 0.412. The van der Waals surface area contributed by atoms with Crippen molar-refractivity contribution in [3.8, 4) is 5.75 Å². The van der Waals surface area contributed by atoms with Crippen molar-refractivity contribution in [3.63, 3.8) is 0 Å². The van der Waals surface area contributed by atoms with Crippen LogP contribution in [0.3, 0.4) is 0 Å². The largest absolute Gasteiger partial charge is 0.497 e. The van der Waals surface area contributed by atoms with Gasteiger partial charge in [-0.15, -0.1) is 0 Å². The second-order valence-corrected chi connectivity index (χ2v) is 4.57. The molecule has 4 heteroatoms. The highest BCUT2D eigenvalue weighted by Crippen LogP contribution is 2.33. The zero-order valence-electron chi connectivity index (χ0n) is 11.1. The number of ether oxygens (including phenoxy) is 1. The van der Waals surface area contributed by atoms with Gasteiger partial charge in [0.05, 0.1) is 13.0 Å². The molecule has 3 aromatic rings. The average Bonchev–Trinajstić information content (AvgIpc) is 3.15. The summed E-state index contributed by atoms with van der Waals surface area (Å²) < 4.78 is 19.5. The van der Waals surface area contributed by atoms with Crippen molar-refractivity contribution < 1.29 is 9.13 Å². The molecule has 2 aromatic heterocycles. The van der Waals surface area contributed by atoms with E-state index in [0.29, 0.717) is 11.3 Å². The second-order valence-electron chi connectivity index (χ2n) is 4.57. The molecule has 20 heavy (non-hydrogen) atoms. The Bertz CT molecular complexity index is 640. The molecular weight excluding hydrogens is 255 g/mol. The third kappa shape index (κ3) is 2.20. The van der Waals surface area contributed by atoms with Crippen LogP contribution in [0.15, 0.2) is 54.9 Å². The summed E-state index contributed by atoms with van der Waals surface area (Å²) in [6.07, 6.45) is 3.67. The van der Waals surface area contributed by atoms with Crippen LogP contribution in [0.25, 0.3) is 0 Å². The van der Waals surface area contributed by atoms with E-state index in [1.54, 1.807) is 19.2 Å². The van der Waals surface area contributed by atoms with E-state index in [2.05, 4.69) is 9.97 Å². The molecule has 0 saturated carbocycles. The minimum Gasteiger partial charge on any atom is -0.497 e. The van der Waals surface area contributed by atoms with E-state index < -0.39 is 0 Å². The lowest BCUT2D eigenvalue weighted by atomic mass is 9.92. The van der Waals surface area contributed by atoms with Gasteiger partial charge in [-0.1, -0.05) is 0 Å². The molecule has 0 bridgehead atoms. The maximum absolute atomic E-state index is 14.3. The third-order valence-electron chi connectivity index (χ3n) is 3.38. The van der Waals surface area contributed by atoms with Gasteiger partial charge >= 0.3 is 0 Å². The summed E-state index contributed by atoms with van der Waals surface area (Å²) in [6, 6.07) is 12.5. The van der Waals surface area contributed by atoms with Crippen molar-refractivity contribution in [3.05, 3.63) is 77.6 Å². The molecule has 0 amide bonds. The highest BCUT2D eigenvalue weighted by molar-refractivity contribution is 5.42. The summed E-state index contributed by atoms with van der Waals surface area (Å²) >= 11 is 0. The van der Waals surface area contributed by atoms with E-state index in [4.69, 9.17) is 4.74 Å². The standard InChI is InChI=1S/C16H15FN2O/c1-20-11-6-7-13(17)12(10-11)16(14-4-2-8-18-14)15-5-3-9-19-15/h2-10,16,18-19H,1H3. The Morgan fingerprint density at radius 2 is 1.65 bits per heavy atom. The number of rotatable bonds is 4. The molecule has 0 aliphatic heterocycles. The molecule has 2 N–H and O–H groups in total. The molecule has 0 aliphatic rings. The molecule has 3 rings (SSSR count). The number of nitrogens with one attached hydrogen (secondary N) is 2. The van der Waals surface area contributed by atoms with E-state index in [1.165, 1.54) is 6.07 Å². The van der Waals surface area contributed by atoms with E-state index in [-0.39, 0.29) is 11.7 Å². The summed E-state index contributed by atoms with van der Waals surface area (Å²) in [6.45, 7) is 0. The average molecular weight is 270 g/mol. The third-order valence-corrected chi connectivity index (χ3v) is 3.38. The first-order valence-electron chi connectivity index (χ1n) is 6.39. The van der Waals surface area contributed by atoms with E-state index in [1.807, 2.05) is 36.7 Å². The molecular formula is C16H15FN2O. The summed E-state index contributed by atoms with van der Waals surface area (Å²) in [5.74, 6) is 0.180. The Morgan fingerprint density at radius 3 is 2.15 bits per heavy atom. The number of aromatic nitrogens is 2. The number of H-pyrrole nitrogens is 2. The van der Waals surface area contributed by atoms with Crippen LogP contribution < -0.4 is 4.74 Å². The van der Waals surface area contributed by atoms with Crippen LogP contribution in [0.4, 0.5) is 4.39 Å². The summed E-state index contributed by atoms with van der Waals surface area (Å²) in [5.41, 5.74) is 2.44. The fourth-order valence-corrected chi connectivity index (χ4v) is 2.42. The summed E-state index contributed by atoms with van der Waals surface area (Å²) in [5, 5.41) is 0. The van der Waals surface area contributed by atoms with Gasteiger partial charge in [-0.2, -0.15) is 0 Å². The van der Waals surface area contributed by atoms with Gasteiger partial charge in [0.2, 0.25) is 0 Å². The fraction of sp³-hybridized carbons (Fsp3) is 0.125. The smallest absolute Gasteiger partial charge is 0.127 e. The second kappa shape index (κ2) is 5.25. The normalized spacial score (nSPS) is 10.9. The Balaban J connectivity index is 2.15. The minimum absolute atomic E-state index is 0.213. The monoisotopic (exact) mass is 270 g/mol. The lowest BCUT2D eigenvalue weighted by Crippen LogP contribution is -2.07. The van der Waals surface area contributed by atoms with Crippen molar-refractivity contribution in [2.75, 3.05) is 7.11 Å². The van der Waals surface area contributed by atoms with Gasteiger partial charge < -0.3 is 14.7 Å². The summed E-state index contributed by atoms with van der Waals surface area (Å²) in [4.78, 5) is 6.32. The van der Waals surface area contributed by atoms with Gasteiger partial charge in [0, 0.05) is 29.3 Å². The van der Waals surface area contributed by atoms with Crippen LogP contribution in [0, 0.1) is 5.82 Å². The fourth-order valence-electron chi connectivity index (χ4n) is 2.42. The van der Waals surface area contributed by atoms with Crippen molar-refractivity contribution in [1.82, 2.24) is 9.97 Å². The van der Waals surface area contributed by atoms with Gasteiger partial charge in [0.1, 0.15) is 11.6 Å². The quantitative estimate of drug-likeness (QED) is 0.746. The molecule has 0 atom stereocenters. The number of halogens is 1. The topological polar surface area (TPSA) is 40.8 Å². The molecule has 3 nitrogen and oxygen atoms in total. The first-order valence-corrected chi connectivity index (χ1v) is 6.39. The van der Waals surface area contributed by atoms with Gasteiger partial charge in [-0.3, -0.25) is 0 Å². The van der Waals surface area contributed by atoms with Crippen LogP contribution in [0.5, 0.6) is 5.75 Å². The molecule has 0 spiro atoms. The number of hydrogen-bond acceptors (Lipinski definition) is 1. The Labute approximate surface area is 116 Å². The van der Waals surface area contributed by atoms with Crippen molar-refractivity contribution in [2.45, 2.75) is 5.92 Å².